The van der Waals surface area contributed by atoms with Crippen LogP contribution >= 0.6 is 22.9 Å². The first-order valence-electron chi connectivity index (χ1n) is 5.41. The fourth-order valence-electron chi connectivity index (χ4n) is 1.46. The third-order valence-electron chi connectivity index (χ3n) is 2.51. The zero-order valence-corrected chi connectivity index (χ0v) is 13.0. The Labute approximate surface area is 120 Å². The van der Waals surface area contributed by atoms with Gasteiger partial charge in [0.1, 0.15) is 10.0 Å². The molecule has 0 radical (unpaired) electrons. The minimum atomic E-state index is -3.56. The van der Waals surface area contributed by atoms with Crippen LogP contribution in [0.15, 0.2) is 10.3 Å². The van der Waals surface area contributed by atoms with Gasteiger partial charge >= 0.3 is 0 Å². The summed E-state index contributed by atoms with van der Waals surface area (Å²) in [6.45, 7) is 3.64. The summed E-state index contributed by atoms with van der Waals surface area (Å²) < 4.78 is 26.6. The number of aromatic nitrogens is 3. The lowest BCUT2D eigenvalue weighted by atomic mass is 10.4. The fourth-order valence-corrected chi connectivity index (χ4v) is 4.50. The first-order valence-corrected chi connectivity index (χ1v) is 8.04. The zero-order valence-electron chi connectivity index (χ0n) is 10.6. The van der Waals surface area contributed by atoms with Crippen LogP contribution in [0.2, 0.25) is 4.34 Å². The average Bonchev–Trinajstić information content (AvgIpc) is 2.87. The SMILES string of the molecule is Cc1nc(CN(C)S(=O)(=O)c2cc(C)c(Cl)s2)n[nH]1. The molecular formula is C10H13ClN4O2S2. The summed E-state index contributed by atoms with van der Waals surface area (Å²) >= 11 is 6.96. The van der Waals surface area contributed by atoms with E-state index in [2.05, 4.69) is 15.2 Å². The van der Waals surface area contributed by atoms with Gasteiger partial charge in [0, 0.05) is 7.05 Å². The van der Waals surface area contributed by atoms with Crippen LogP contribution in [0.4, 0.5) is 0 Å². The van der Waals surface area contributed by atoms with Crippen molar-refractivity contribution in [1.29, 1.82) is 0 Å². The minimum absolute atomic E-state index is 0.112. The molecule has 0 aromatic carbocycles. The lowest BCUT2D eigenvalue weighted by molar-refractivity contribution is 0.459. The third-order valence-corrected chi connectivity index (χ3v) is 6.31. The number of halogens is 1. The van der Waals surface area contributed by atoms with Crippen LogP contribution in [0.3, 0.4) is 0 Å². The first-order chi connectivity index (χ1) is 8.80. The van der Waals surface area contributed by atoms with Gasteiger partial charge in [-0.2, -0.15) is 9.40 Å². The number of aryl methyl sites for hydroxylation is 2. The largest absolute Gasteiger partial charge is 0.263 e. The van der Waals surface area contributed by atoms with Crippen molar-refractivity contribution in [3.05, 3.63) is 27.6 Å². The molecule has 104 valence electrons. The molecule has 6 nitrogen and oxygen atoms in total. The highest BCUT2D eigenvalue weighted by Crippen LogP contribution is 2.31. The highest BCUT2D eigenvalue weighted by Gasteiger charge is 2.25. The normalized spacial score (nSPS) is 12.3. The molecule has 0 aliphatic rings. The average molecular weight is 321 g/mol. The number of sulfonamides is 1. The Balaban J connectivity index is 2.24. The molecule has 19 heavy (non-hydrogen) atoms. The van der Waals surface area contributed by atoms with Gasteiger partial charge in [-0.1, -0.05) is 11.6 Å². The summed E-state index contributed by atoms with van der Waals surface area (Å²) in [6, 6.07) is 1.57. The Kier molecular flexibility index (Phi) is 3.95. The molecule has 0 unspecified atom stereocenters. The molecule has 2 rings (SSSR count). The van der Waals surface area contributed by atoms with E-state index in [1.807, 2.05) is 0 Å². The second-order valence-corrected chi connectivity index (χ2v) is 8.05. The summed E-state index contributed by atoms with van der Waals surface area (Å²) in [5, 5.41) is 6.60. The number of nitrogens with one attached hydrogen (secondary N) is 1. The van der Waals surface area contributed by atoms with Crippen LogP contribution < -0.4 is 0 Å². The van der Waals surface area contributed by atoms with E-state index >= 15 is 0 Å². The Hall–Kier alpha value is -0.960. The van der Waals surface area contributed by atoms with Crippen molar-refractivity contribution in [3.8, 4) is 0 Å². The van der Waals surface area contributed by atoms with Gasteiger partial charge in [-0.15, -0.1) is 11.3 Å². The van der Waals surface area contributed by atoms with E-state index in [1.54, 1.807) is 19.9 Å². The molecule has 9 heteroatoms. The van der Waals surface area contributed by atoms with E-state index in [9.17, 15) is 8.42 Å². The molecule has 0 amide bonds. The summed E-state index contributed by atoms with van der Waals surface area (Å²) in [6.07, 6.45) is 0. The predicted molar refractivity (Wildman–Crippen MR) is 73.8 cm³/mol. The van der Waals surface area contributed by atoms with Crippen molar-refractivity contribution < 1.29 is 8.42 Å². The molecule has 0 aliphatic heterocycles. The molecule has 1 N–H and O–H groups in total. The number of hydrogen-bond donors (Lipinski definition) is 1. The first kappa shape index (κ1) is 14.4. The van der Waals surface area contributed by atoms with Crippen LogP contribution in [-0.2, 0) is 16.6 Å². The fraction of sp³-hybridized carbons (Fsp3) is 0.400. The van der Waals surface area contributed by atoms with Gasteiger partial charge in [-0.05, 0) is 25.5 Å². The maximum atomic E-state index is 12.3. The Bertz CT molecular complexity index is 673. The second kappa shape index (κ2) is 5.20. The lowest BCUT2D eigenvalue weighted by Gasteiger charge is -2.13. The van der Waals surface area contributed by atoms with Crippen LogP contribution in [0.25, 0.3) is 0 Å². The van der Waals surface area contributed by atoms with Gasteiger partial charge in [0.05, 0.1) is 10.9 Å². The van der Waals surface area contributed by atoms with Crippen molar-refractivity contribution in [2.45, 2.75) is 24.6 Å². The summed E-state index contributed by atoms with van der Waals surface area (Å²) in [5.41, 5.74) is 0.757. The number of aromatic amines is 1. The number of nitrogens with zero attached hydrogens (tertiary/aromatic N) is 3. The molecule has 0 bridgehead atoms. The third kappa shape index (κ3) is 2.97. The zero-order chi connectivity index (χ0) is 14.2. The molecule has 0 spiro atoms. The monoisotopic (exact) mass is 320 g/mol. The van der Waals surface area contributed by atoms with Crippen LogP contribution in [-0.4, -0.2) is 35.0 Å². The van der Waals surface area contributed by atoms with E-state index in [1.165, 1.54) is 11.4 Å². The molecule has 0 atom stereocenters. The Morgan fingerprint density at radius 1 is 1.47 bits per heavy atom. The predicted octanol–water partition coefficient (Wildman–Crippen LogP) is 1.96. The minimum Gasteiger partial charge on any atom is -0.263 e. The highest BCUT2D eigenvalue weighted by molar-refractivity contribution is 7.91. The van der Waals surface area contributed by atoms with Crippen molar-refractivity contribution >= 4 is 33.0 Å². The summed E-state index contributed by atoms with van der Waals surface area (Å²) in [5.74, 6) is 1.08. The van der Waals surface area contributed by atoms with Gasteiger partial charge < -0.3 is 0 Å². The van der Waals surface area contributed by atoms with Gasteiger partial charge in [0.2, 0.25) is 0 Å². The van der Waals surface area contributed by atoms with Crippen LogP contribution in [0.5, 0.6) is 0 Å². The van der Waals surface area contributed by atoms with Gasteiger partial charge in [0.15, 0.2) is 5.82 Å². The number of rotatable bonds is 4. The maximum Gasteiger partial charge on any atom is 0.252 e. The van der Waals surface area contributed by atoms with Crippen molar-refractivity contribution in [2.24, 2.45) is 0 Å². The number of thiophene rings is 1. The van der Waals surface area contributed by atoms with Gasteiger partial charge in [0.25, 0.3) is 10.0 Å². The lowest BCUT2D eigenvalue weighted by Crippen LogP contribution is -2.26. The molecule has 2 aromatic rings. The van der Waals surface area contributed by atoms with Gasteiger partial charge in [-0.25, -0.2) is 13.4 Å². The standard InChI is InChI=1S/C10H13ClN4O2S2/c1-6-4-9(18-10(6)11)19(16,17)15(3)5-8-12-7(2)13-14-8/h4H,5H2,1-3H3,(H,12,13,14). The van der Waals surface area contributed by atoms with E-state index in [0.29, 0.717) is 16.0 Å². The van der Waals surface area contributed by atoms with E-state index in [-0.39, 0.29) is 10.8 Å². The molecule has 0 fully saturated rings. The quantitative estimate of drug-likeness (QED) is 0.934. The molecule has 0 saturated heterocycles. The number of H-pyrrole nitrogens is 1. The molecule has 2 aromatic heterocycles. The molecule has 0 saturated carbocycles. The van der Waals surface area contributed by atoms with Gasteiger partial charge in [-0.3, -0.25) is 5.10 Å². The number of hydrogen-bond acceptors (Lipinski definition) is 5. The molecular weight excluding hydrogens is 308 g/mol. The van der Waals surface area contributed by atoms with Crippen molar-refractivity contribution in [3.63, 3.8) is 0 Å². The van der Waals surface area contributed by atoms with Crippen LogP contribution in [0.1, 0.15) is 17.2 Å². The summed E-state index contributed by atoms with van der Waals surface area (Å²) in [7, 11) is -2.07. The highest BCUT2D eigenvalue weighted by atomic mass is 35.5. The Morgan fingerprint density at radius 2 is 2.16 bits per heavy atom. The topological polar surface area (TPSA) is 79.0 Å². The molecule has 0 aliphatic carbocycles. The van der Waals surface area contributed by atoms with E-state index in [4.69, 9.17) is 11.6 Å². The van der Waals surface area contributed by atoms with Crippen molar-refractivity contribution in [2.75, 3.05) is 7.05 Å². The second-order valence-electron chi connectivity index (χ2n) is 4.12. The van der Waals surface area contributed by atoms with E-state index < -0.39 is 10.0 Å². The van der Waals surface area contributed by atoms with Crippen molar-refractivity contribution in [1.82, 2.24) is 19.5 Å². The molecule has 2 heterocycles. The Morgan fingerprint density at radius 3 is 2.63 bits per heavy atom. The maximum absolute atomic E-state index is 12.3. The smallest absolute Gasteiger partial charge is 0.252 e. The van der Waals surface area contributed by atoms with Crippen LogP contribution in [0, 0.1) is 13.8 Å². The summed E-state index contributed by atoms with van der Waals surface area (Å²) in [4.78, 5) is 4.09. The van der Waals surface area contributed by atoms with E-state index in [0.717, 1.165) is 16.9 Å².